The van der Waals surface area contributed by atoms with Crippen molar-refractivity contribution in [2.75, 3.05) is 0 Å². The van der Waals surface area contributed by atoms with Gasteiger partial charge in [0, 0.05) is 36.2 Å². The molecule has 2 aromatic heterocycles. The molecular formula is C17H15ClN2O3. The third kappa shape index (κ3) is 3.14. The van der Waals surface area contributed by atoms with Gasteiger partial charge in [-0.25, -0.2) is 0 Å². The van der Waals surface area contributed by atoms with E-state index in [0.717, 1.165) is 18.4 Å². The number of rotatable bonds is 4. The summed E-state index contributed by atoms with van der Waals surface area (Å²) in [7, 11) is 0. The van der Waals surface area contributed by atoms with E-state index in [1.165, 1.54) is 21.2 Å². The first kappa shape index (κ1) is 15.4. The summed E-state index contributed by atoms with van der Waals surface area (Å²) in [5.41, 5.74) is 0.167. The molecule has 3 aromatic rings. The van der Waals surface area contributed by atoms with Crippen molar-refractivity contribution in [2.45, 2.75) is 19.4 Å². The van der Waals surface area contributed by atoms with Gasteiger partial charge in [-0.15, -0.1) is 0 Å². The van der Waals surface area contributed by atoms with Crippen LogP contribution in [-0.4, -0.2) is 14.1 Å². The third-order valence-corrected chi connectivity index (χ3v) is 3.96. The van der Waals surface area contributed by atoms with E-state index in [9.17, 15) is 14.7 Å². The molecule has 5 nitrogen and oxygen atoms in total. The highest BCUT2D eigenvalue weighted by atomic mass is 35.5. The first-order chi connectivity index (χ1) is 11.1. The van der Waals surface area contributed by atoms with Crippen molar-refractivity contribution in [3.63, 3.8) is 0 Å². The lowest BCUT2D eigenvalue weighted by atomic mass is 10.1. The Morgan fingerprint density at radius 2 is 1.91 bits per heavy atom. The second-order valence-corrected chi connectivity index (χ2v) is 5.75. The molecule has 0 aliphatic rings. The Labute approximate surface area is 137 Å². The predicted octanol–water partition coefficient (Wildman–Crippen LogP) is 2.45. The molecule has 0 saturated carbocycles. The minimum atomic E-state index is -0.557. The Kier molecular flexibility index (Phi) is 4.21. The number of hydrogen-bond acceptors (Lipinski definition) is 3. The molecule has 23 heavy (non-hydrogen) atoms. The Balaban J connectivity index is 1.84. The summed E-state index contributed by atoms with van der Waals surface area (Å²) >= 11 is 5.95. The summed E-state index contributed by atoms with van der Waals surface area (Å²) in [5, 5.41) is 10.5. The maximum absolute atomic E-state index is 12.4. The molecule has 2 heterocycles. The highest BCUT2D eigenvalue weighted by Gasteiger charge is 2.09. The lowest BCUT2D eigenvalue weighted by Gasteiger charge is -2.09. The molecule has 0 amide bonds. The van der Waals surface area contributed by atoms with Crippen LogP contribution in [0.25, 0.3) is 5.52 Å². The molecule has 0 atom stereocenters. The number of benzene rings is 1. The van der Waals surface area contributed by atoms with Crippen molar-refractivity contribution in [3.05, 3.63) is 80.1 Å². The number of fused-ring (bicyclic) bond motifs is 1. The zero-order valence-corrected chi connectivity index (χ0v) is 13.0. The fourth-order valence-electron chi connectivity index (χ4n) is 2.55. The average Bonchev–Trinajstić information content (AvgIpc) is 2.53. The Hall–Kier alpha value is -2.53. The molecule has 0 bridgehead atoms. The Bertz CT molecular complexity index is 975. The Morgan fingerprint density at radius 3 is 2.70 bits per heavy atom. The smallest absolute Gasteiger partial charge is 0.278 e. The van der Waals surface area contributed by atoms with Gasteiger partial charge in [0.05, 0.1) is 0 Å². The molecule has 0 spiro atoms. The molecule has 0 fully saturated rings. The van der Waals surface area contributed by atoms with E-state index in [2.05, 4.69) is 0 Å². The monoisotopic (exact) mass is 330 g/mol. The SMILES string of the molecule is O=c1ccn2ccn(CCCc3cccc(Cl)c3)c(=O)c2c1O. The first-order valence-corrected chi connectivity index (χ1v) is 7.62. The topological polar surface area (TPSA) is 63.7 Å². The molecule has 1 aromatic carbocycles. The van der Waals surface area contributed by atoms with Gasteiger partial charge in [0.1, 0.15) is 0 Å². The van der Waals surface area contributed by atoms with Crippen LogP contribution in [0.1, 0.15) is 12.0 Å². The van der Waals surface area contributed by atoms with Crippen LogP contribution in [0.15, 0.2) is 58.5 Å². The second-order valence-electron chi connectivity index (χ2n) is 5.31. The van der Waals surface area contributed by atoms with E-state index >= 15 is 0 Å². The van der Waals surface area contributed by atoms with Gasteiger partial charge in [0.2, 0.25) is 5.43 Å². The summed E-state index contributed by atoms with van der Waals surface area (Å²) in [6.07, 6.45) is 6.29. The highest BCUT2D eigenvalue weighted by Crippen LogP contribution is 2.13. The van der Waals surface area contributed by atoms with Gasteiger partial charge in [-0.2, -0.15) is 0 Å². The van der Waals surface area contributed by atoms with Crippen LogP contribution in [-0.2, 0) is 13.0 Å². The van der Waals surface area contributed by atoms with E-state index in [-0.39, 0.29) is 11.1 Å². The lowest BCUT2D eigenvalue weighted by Crippen LogP contribution is -2.23. The summed E-state index contributed by atoms with van der Waals surface area (Å²) in [6, 6.07) is 8.82. The maximum Gasteiger partial charge on any atom is 0.278 e. The molecule has 3 rings (SSSR count). The van der Waals surface area contributed by atoms with E-state index in [1.54, 1.807) is 12.4 Å². The summed E-state index contributed by atoms with van der Waals surface area (Å²) in [4.78, 5) is 23.9. The first-order valence-electron chi connectivity index (χ1n) is 7.24. The van der Waals surface area contributed by atoms with Crippen molar-refractivity contribution in [1.82, 2.24) is 8.97 Å². The average molecular weight is 331 g/mol. The fraction of sp³-hybridized carbons (Fsp3) is 0.176. The molecule has 0 saturated heterocycles. The van der Waals surface area contributed by atoms with E-state index < -0.39 is 11.2 Å². The van der Waals surface area contributed by atoms with Gasteiger partial charge < -0.3 is 14.1 Å². The van der Waals surface area contributed by atoms with Crippen LogP contribution in [0, 0.1) is 0 Å². The van der Waals surface area contributed by atoms with Crippen molar-refractivity contribution in [2.24, 2.45) is 0 Å². The minimum Gasteiger partial charge on any atom is -0.503 e. The number of hydrogen-bond donors (Lipinski definition) is 1. The summed E-state index contributed by atoms with van der Waals surface area (Å²) < 4.78 is 2.95. The largest absolute Gasteiger partial charge is 0.503 e. The number of aromatic nitrogens is 2. The van der Waals surface area contributed by atoms with Crippen LogP contribution in [0.4, 0.5) is 0 Å². The minimum absolute atomic E-state index is 0.00255. The van der Waals surface area contributed by atoms with Gasteiger partial charge in [0.25, 0.3) is 5.56 Å². The van der Waals surface area contributed by atoms with Crippen molar-refractivity contribution < 1.29 is 5.11 Å². The van der Waals surface area contributed by atoms with Crippen LogP contribution < -0.4 is 11.0 Å². The summed E-state index contributed by atoms with van der Waals surface area (Å²) in [6.45, 7) is 0.490. The third-order valence-electron chi connectivity index (χ3n) is 3.73. The van der Waals surface area contributed by atoms with Gasteiger partial charge in [-0.3, -0.25) is 9.59 Å². The number of halogens is 1. The number of aryl methyl sites for hydroxylation is 2. The van der Waals surface area contributed by atoms with E-state index in [4.69, 9.17) is 11.6 Å². The van der Waals surface area contributed by atoms with Crippen LogP contribution in [0.5, 0.6) is 5.75 Å². The molecular weight excluding hydrogens is 316 g/mol. The summed E-state index contributed by atoms with van der Waals surface area (Å²) in [5.74, 6) is -0.512. The lowest BCUT2D eigenvalue weighted by molar-refractivity contribution is 0.471. The predicted molar refractivity (Wildman–Crippen MR) is 89.4 cm³/mol. The van der Waals surface area contributed by atoms with Gasteiger partial charge in [-0.1, -0.05) is 23.7 Å². The Morgan fingerprint density at radius 1 is 1.09 bits per heavy atom. The number of nitrogens with zero attached hydrogens (tertiary/aromatic N) is 2. The van der Waals surface area contributed by atoms with Crippen molar-refractivity contribution in [1.29, 1.82) is 0 Å². The number of aromatic hydroxyl groups is 1. The second kappa shape index (κ2) is 6.30. The van der Waals surface area contributed by atoms with Crippen LogP contribution in [0.2, 0.25) is 5.02 Å². The molecule has 118 valence electrons. The molecule has 0 radical (unpaired) electrons. The molecule has 1 N–H and O–H groups in total. The van der Waals surface area contributed by atoms with Crippen LogP contribution in [0.3, 0.4) is 0 Å². The molecule has 0 unspecified atom stereocenters. The maximum atomic E-state index is 12.4. The van der Waals surface area contributed by atoms with E-state index in [1.807, 2.05) is 24.3 Å². The quantitative estimate of drug-likeness (QED) is 0.799. The highest BCUT2D eigenvalue weighted by molar-refractivity contribution is 6.30. The molecule has 0 aliphatic heterocycles. The normalized spacial score (nSPS) is 11.0. The number of pyridine rings is 1. The molecule has 0 aliphatic carbocycles. The van der Waals surface area contributed by atoms with Crippen molar-refractivity contribution in [3.8, 4) is 5.75 Å². The van der Waals surface area contributed by atoms with Crippen LogP contribution >= 0.6 is 11.6 Å². The fourth-order valence-corrected chi connectivity index (χ4v) is 2.77. The zero-order valence-electron chi connectivity index (χ0n) is 12.3. The van der Waals surface area contributed by atoms with Gasteiger partial charge >= 0.3 is 0 Å². The van der Waals surface area contributed by atoms with Crippen molar-refractivity contribution >= 4 is 17.1 Å². The van der Waals surface area contributed by atoms with E-state index in [0.29, 0.717) is 11.6 Å². The molecule has 6 heteroatoms. The zero-order chi connectivity index (χ0) is 16.4. The van der Waals surface area contributed by atoms with Gasteiger partial charge in [0.15, 0.2) is 11.3 Å². The van der Waals surface area contributed by atoms with Gasteiger partial charge in [-0.05, 0) is 30.5 Å². The standard InChI is InChI=1S/C17H15ClN2O3/c18-13-5-1-3-12(11-13)4-2-7-20-10-9-19-8-6-14(21)16(22)15(19)17(20)23/h1,3,5-6,8-11,22H,2,4,7H2.